The van der Waals surface area contributed by atoms with Crippen molar-refractivity contribution in [1.29, 1.82) is 0 Å². The van der Waals surface area contributed by atoms with Gasteiger partial charge in [-0.25, -0.2) is 0 Å². The molecular formula is C18H21N3O2S. The monoisotopic (exact) mass is 343 g/mol. The molecule has 0 amide bonds. The van der Waals surface area contributed by atoms with Crippen LogP contribution in [0.4, 0.5) is 5.69 Å². The topological polar surface area (TPSA) is 67.0 Å². The molecule has 126 valence electrons. The Kier molecular flexibility index (Phi) is 5.61. The van der Waals surface area contributed by atoms with E-state index >= 15 is 0 Å². The highest BCUT2D eigenvalue weighted by Gasteiger charge is 2.05. The van der Waals surface area contributed by atoms with Crippen LogP contribution in [0.2, 0.25) is 0 Å². The molecule has 5 nitrogen and oxygen atoms in total. The van der Waals surface area contributed by atoms with E-state index < -0.39 is 10.8 Å². The number of methoxy groups -OCH3 is 1. The fourth-order valence-corrected chi connectivity index (χ4v) is 3.63. The predicted octanol–water partition coefficient (Wildman–Crippen LogP) is 3.07. The van der Waals surface area contributed by atoms with Crippen molar-refractivity contribution < 1.29 is 8.95 Å². The van der Waals surface area contributed by atoms with Gasteiger partial charge in [0, 0.05) is 47.0 Å². The number of hydrogen-bond donors (Lipinski definition) is 2. The molecule has 1 aromatic heterocycles. The molecule has 0 saturated carbocycles. The molecule has 2 N–H and O–H groups in total. The molecule has 0 bridgehead atoms. The molecule has 0 unspecified atom stereocenters. The summed E-state index contributed by atoms with van der Waals surface area (Å²) in [5.41, 5.74) is 4.31. The first-order valence-corrected chi connectivity index (χ1v) is 9.33. The number of aromatic amines is 1. The number of ether oxygens (including phenoxy) is 1. The maximum Gasteiger partial charge on any atom is 0.0700 e. The normalized spacial score (nSPS) is 12.4. The van der Waals surface area contributed by atoms with Gasteiger partial charge in [-0.2, -0.15) is 5.10 Å². The Balaban J connectivity index is 1.64. The number of para-hydroxylation sites is 1. The fourth-order valence-electron chi connectivity index (χ4n) is 2.58. The quantitative estimate of drug-likeness (QED) is 0.660. The summed E-state index contributed by atoms with van der Waals surface area (Å²) in [6.07, 6.45) is 1.83. The zero-order valence-electron chi connectivity index (χ0n) is 13.6. The molecular weight excluding hydrogens is 322 g/mol. The largest absolute Gasteiger partial charge is 0.384 e. The van der Waals surface area contributed by atoms with Gasteiger partial charge in [-0.15, -0.1) is 0 Å². The first-order chi connectivity index (χ1) is 11.8. The van der Waals surface area contributed by atoms with Gasteiger partial charge in [-0.05, 0) is 23.3 Å². The number of rotatable bonds is 8. The molecule has 2 aromatic carbocycles. The van der Waals surface area contributed by atoms with E-state index in [1.807, 2.05) is 36.5 Å². The van der Waals surface area contributed by atoms with Gasteiger partial charge in [-0.3, -0.25) is 9.31 Å². The van der Waals surface area contributed by atoms with Gasteiger partial charge in [0.1, 0.15) is 0 Å². The second-order valence-electron chi connectivity index (χ2n) is 5.59. The Morgan fingerprint density at radius 1 is 1.25 bits per heavy atom. The zero-order valence-corrected chi connectivity index (χ0v) is 14.4. The van der Waals surface area contributed by atoms with Crippen LogP contribution in [-0.2, 0) is 27.8 Å². The Hall–Kier alpha value is -2.18. The highest BCUT2D eigenvalue weighted by atomic mass is 32.2. The van der Waals surface area contributed by atoms with E-state index in [9.17, 15) is 4.21 Å². The van der Waals surface area contributed by atoms with Crippen molar-refractivity contribution in [2.75, 3.05) is 24.8 Å². The summed E-state index contributed by atoms with van der Waals surface area (Å²) < 4.78 is 17.0. The third-order valence-corrected chi connectivity index (χ3v) is 5.09. The van der Waals surface area contributed by atoms with Crippen molar-refractivity contribution in [1.82, 2.24) is 10.2 Å². The molecule has 0 spiro atoms. The first kappa shape index (κ1) is 16.7. The van der Waals surface area contributed by atoms with E-state index in [2.05, 4.69) is 27.6 Å². The summed E-state index contributed by atoms with van der Waals surface area (Å²) in [4.78, 5) is 0. The van der Waals surface area contributed by atoms with E-state index in [1.165, 1.54) is 5.56 Å². The Morgan fingerprint density at radius 3 is 3.00 bits per heavy atom. The molecule has 0 radical (unpaired) electrons. The second kappa shape index (κ2) is 8.08. The van der Waals surface area contributed by atoms with E-state index in [0.717, 1.165) is 22.2 Å². The molecule has 0 aliphatic carbocycles. The van der Waals surface area contributed by atoms with E-state index in [1.54, 1.807) is 7.11 Å². The lowest BCUT2D eigenvalue weighted by Gasteiger charge is -2.09. The van der Waals surface area contributed by atoms with Gasteiger partial charge < -0.3 is 10.1 Å². The molecule has 0 fully saturated rings. The SMILES string of the molecule is COCC[S@@](=O)Cc1cccc(NCc2cccc3cn[nH]c23)c1. The summed E-state index contributed by atoms with van der Waals surface area (Å²) in [6.45, 7) is 1.23. The summed E-state index contributed by atoms with van der Waals surface area (Å²) in [7, 11) is 0.729. The van der Waals surface area contributed by atoms with E-state index in [-0.39, 0.29) is 0 Å². The van der Waals surface area contributed by atoms with Gasteiger partial charge in [-0.1, -0.05) is 30.3 Å². The molecule has 1 heterocycles. The van der Waals surface area contributed by atoms with E-state index in [4.69, 9.17) is 4.74 Å². The van der Waals surface area contributed by atoms with Gasteiger partial charge in [0.2, 0.25) is 0 Å². The highest BCUT2D eigenvalue weighted by molar-refractivity contribution is 7.84. The minimum absolute atomic E-state index is 0.527. The van der Waals surface area contributed by atoms with Crippen LogP contribution in [-0.4, -0.2) is 33.9 Å². The maximum atomic E-state index is 12.0. The Labute approximate surface area is 143 Å². The molecule has 3 aromatic rings. The van der Waals surface area contributed by atoms with Crippen LogP contribution in [0.1, 0.15) is 11.1 Å². The lowest BCUT2D eigenvalue weighted by atomic mass is 10.1. The van der Waals surface area contributed by atoms with Gasteiger partial charge in [0.05, 0.1) is 18.3 Å². The second-order valence-corrected chi connectivity index (χ2v) is 7.16. The van der Waals surface area contributed by atoms with Crippen LogP contribution >= 0.6 is 0 Å². The van der Waals surface area contributed by atoms with Crippen molar-refractivity contribution in [3.63, 3.8) is 0 Å². The molecule has 0 saturated heterocycles. The minimum atomic E-state index is -0.898. The first-order valence-electron chi connectivity index (χ1n) is 7.84. The van der Waals surface area contributed by atoms with Crippen LogP contribution in [0, 0.1) is 0 Å². The lowest BCUT2D eigenvalue weighted by Crippen LogP contribution is -2.07. The number of H-pyrrole nitrogens is 1. The molecule has 1 atom stereocenters. The number of nitrogens with one attached hydrogen (secondary N) is 2. The van der Waals surface area contributed by atoms with Crippen LogP contribution in [0.25, 0.3) is 10.9 Å². The Bertz CT molecular complexity index is 832. The number of nitrogens with zero attached hydrogens (tertiary/aromatic N) is 1. The smallest absolute Gasteiger partial charge is 0.0700 e. The molecule has 24 heavy (non-hydrogen) atoms. The van der Waals surface area contributed by atoms with Crippen LogP contribution in [0.3, 0.4) is 0 Å². The predicted molar refractivity (Wildman–Crippen MR) is 98.5 cm³/mol. The van der Waals surface area contributed by atoms with Crippen molar-refractivity contribution in [2.24, 2.45) is 0 Å². The van der Waals surface area contributed by atoms with Crippen LogP contribution in [0.15, 0.2) is 48.7 Å². The number of aromatic nitrogens is 2. The van der Waals surface area contributed by atoms with Crippen molar-refractivity contribution >= 4 is 27.4 Å². The van der Waals surface area contributed by atoms with Gasteiger partial charge in [0.25, 0.3) is 0 Å². The van der Waals surface area contributed by atoms with E-state index in [0.29, 0.717) is 24.7 Å². The van der Waals surface area contributed by atoms with Gasteiger partial charge >= 0.3 is 0 Å². The summed E-state index contributed by atoms with van der Waals surface area (Å²) in [6, 6.07) is 14.2. The number of fused-ring (bicyclic) bond motifs is 1. The maximum absolute atomic E-state index is 12.0. The average molecular weight is 343 g/mol. The minimum Gasteiger partial charge on any atom is -0.384 e. The van der Waals surface area contributed by atoms with Crippen molar-refractivity contribution in [2.45, 2.75) is 12.3 Å². The van der Waals surface area contributed by atoms with Crippen LogP contribution in [0.5, 0.6) is 0 Å². The van der Waals surface area contributed by atoms with Crippen molar-refractivity contribution in [3.05, 3.63) is 59.8 Å². The van der Waals surface area contributed by atoms with Gasteiger partial charge in [0.15, 0.2) is 0 Å². The van der Waals surface area contributed by atoms with Crippen LogP contribution < -0.4 is 5.32 Å². The molecule has 6 heteroatoms. The highest BCUT2D eigenvalue weighted by Crippen LogP contribution is 2.18. The zero-order chi connectivity index (χ0) is 16.8. The Morgan fingerprint density at radius 2 is 2.12 bits per heavy atom. The molecule has 0 aliphatic rings. The lowest BCUT2D eigenvalue weighted by molar-refractivity contribution is 0.218. The molecule has 3 rings (SSSR count). The number of anilines is 1. The summed E-state index contributed by atoms with van der Waals surface area (Å²) >= 11 is 0. The summed E-state index contributed by atoms with van der Waals surface area (Å²) in [5, 5.41) is 11.7. The third kappa shape index (κ3) is 4.21. The third-order valence-electron chi connectivity index (χ3n) is 3.82. The molecule has 0 aliphatic heterocycles. The average Bonchev–Trinajstić information content (AvgIpc) is 3.08. The number of hydrogen-bond acceptors (Lipinski definition) is 4. The number of benzene rings is 2. The standard InChI is InChI=1S/C18H21N3O2S/c1-23-8-9-24(22)13-14-4-2-7-17(10-14)19-11-15-5-3-6-16-12-20-21-18(15)16/h2-7,10,12,19H,8-9,11,13H2,1H3,(H,20,21)/t24-/m1/s1. The summed E-state index contributed by atoms with van der Waals surface area (Å²) in [5.74, 6) is 1.12. The van der Waals surface area contributed by atoms with Crippen molar-refractivity contribution in [3.8, 4) is 0 Å². The fraction of sp³-hybridized carbons (Fsp3) is 0.278.